The van der Waals surface area contributed by atoms with Crippen molar-refractivity contribution in [1.29, 1.82) is 5.26 Å². The third kappa shape index (κ3) is 1.59. The predicted molar refractivity (Wildman–Crippen MR) is 71.3 cm³/mol. The molecule has 88 valence electrons. The normalized spacial score (nSPS) is 10.7. The van der Waals surface area contributed by atoms with Gasteiger partial charge in [0.25, 0.3) is 0 Å². The summed E-state index contributed by atoms with van der Waals surface area (Å²) < 4.78 is 2.00. The second kappa shape index (κ2) is 3.93. The van der Waals surface area contributed by atoms with Gasteiger partial charge in [0.15, 0.2) is 5.82 Å². The quantitative estimate of drug-likeness (QED) is 0.671. The lowest BCUT2D eigenvalue weighted by atomic mass is 10.2. The number of nitriles is 1. The zero-order chi connectivity index (χ0) is 12.7. The molecule has 5 heteroatoms. The molecule has 18 heavy (non-hydrogen) atoms. The molecule has 0 N–H and O–H groups in total. The van der Waals surface area contributed by atoms with E-state index < -0.39 is 0 Å². The van der Waals surface area contributed by atoms with Crippen LogP contribution in [0.25, 0.3) is 22.6 Å². The van der Waals surface area contributed by atoms with Crippen molar-refractivity contribution in [2.75, 3.05) is 0 Å². The second-order valence-corrected chi connectivity index (χ2v) is 5.12. The average molecular weight is 254 g/mol. The lowest BCUT2D eigenvalue weighted by Gasteiger charge is -1.98. The lowest BCUT2D eigenvalue weighted by Crippen LogP contribution is -1.92. The lowest BCUT2D eigenvalue weighted by molar-refractivity contribution is 0.951. The van der Waals surface area contributed by atoms with E-state index in [2.05, 4.69) is 16.0 Å². The van der Waals surface area contributed by atoms with E-state index in [4.69, 9.17) is 5.26 Å². The van der Waals surface area contributed by atoms with E-state index in [0.29, 0.717) is 5.56 Å². The summed E-state index contributed by atoms with van der Waals surface area (Å²) in [5.41, 5.74) is 3.35. The highest BCUT2D eigenvalue weighted by molar-refractivity contribution is 7.09. The summed E-state index contributed by atoms with van der Waals surface area (Å²) in [7, 11) is 1.96. The molecule has 2 heterocycles. The Balaban J connectivity index is 2.26. The maximum Gasteiger partial charge on any atom is 0.160 e. The highest BCUT2D eigenvalue weighted by Crippen LogP contribution is 2.25. The standard InChI is InChI=1S/C13H10N4S/c1-8-15-11(7-18-8)13-16-10-5-9(6-14)3-4-12(10)17(13)2/h3-5,7H,1-2H3. The topological polar surface area (TPSA) is 54.5 Å². The molecule has 1 aromatic carbocycles. The Morgan fingerprint density at radius 1 is 1.33 bits per heavy atom. The number of aromatic nitrogens is 3. The number of imidazole rings is 1. The largest absolute Gasteiger partial charge is 0.326 e. The zero-order valence-electron chi connectivity index (χ0n) is 10.0. The van der Waals surface area contributed by atoms with E-state index in [0.717, 1.165) is 27.6 Å². The molecule has 0 fully saturated rings. The number of nitrogens with zero attached hydrogens (tertiary/aromatic N) is 4. The molecular formula is C13H10N4S. The number of hydrogen-bond donors (Lipinski definition) is 0. The van der Waals surface area contributed by atoms with Crippen LogP contribution in [0, 0.1) is 18.3 Å². The minimum Gasteiger partial charge on any atom is -0.326 e. The first-order chi connectivity index (χ1) is 8.69. The molecule has 0 amide bonds. The van der Waals surface area contributed by atoms with Crippen LogP contribution in [0.5, 0.6) is 0 Å². The van der Waals surface area contributed by atoms with E-state index in [9.17, 15) is 0 Å². The van der Waals surface area contributed by atoms with E-state index in [-0.39, 0.29) is 0 Å². The zero-order valence-corrected chi connectivity index (χ0v) is 10.8. The molecule has 0 radical (unpaired) electrons. The smallest absolute Gasteiger partial charge is 0.160 e. The van der Waals surface area contributed by atoms with Crippen LogP contribution in [0.2, 0.25) is 0 Å². The monoisotopic (exact) mass is 254 g/mol. The van der Waals surface area contributed by atoms with Gasteiger partial charge < -0.3 is 4.57 Å². The molecule has 0 atom stereocenters. The molecular weight excluding hydrogens is 244 g/mol. The van der Waals surface area contributed by atoms with Crippen molar-refractivity contribution >= 4 is 22.4 Å². The van der Waals surface area contributed by atoms with Gasteiger partial charge in [-0.3, -0.25) is 0 Å². The molecule has 0 aliphatic rings. The number of benzene rings is 1. The fourth-order valence-corrected chi connectivity index (χ4v) is 2.56. The molecule has 4 nitrogen and oxygen atoms in total. The molecule has 0 aliphatic heterocycles. The highest BCUT2D eigenvalue weighted by atomic mass is 32.1. The number of aryl methyl sites for hydroxylation is 2. The number of fused-ring (bicyclic) bond motifs is 1. The van der Waals surface area contributed by atoms with Crippen molar-refractivity contribution in [3.05, 3.63) is 34.2 Å². The van der Waals surface area contributed by atoms with Crippen molar-refractivity contribution in [2.24, 2.45) is 7.05 Å². The van der Waals surface area contributed by atoms with Crippen LogP contribution in [0.1, 0.15) is 10.6 Å². The van der Waals surface area contributed by atoms with E-state index >= 15 is 0 Å². The fourth-order valence-electron chi connectivity index (χ4n) is 1.96. The summed E-state index contributed by atoms with van der Waals surface area (Å²) in [6.07, 6.45) is 0. The van der Waals surface area contributed by atoms with Gasteiger partial charge >= 0.3 is 0 Å². The average Bonchev–Trinajstić information content (AvgIpc) is 2.93. The van der Waals surface area contributed by atoms with Crippen molar-refractivity contribution in [3.8, 4) is 17.6 Å². The van der Waals surface area contributed by atoms with Crippen LogP contribution in [0.15, 0.2) is 23.6 Å². The molecule has 2 aromatic heterocycles. The molecule has 0 saturated heterocycles. The Labute approximate surface area is 108 Å². The van der Waals surface area contributed by atoms with Crippen molar-refractivity contribution in [2.45, 2.75) is 6.92 Å². The Bertz CT molecular complexity index is 776. The molecule has 0 unspecified atom stereocenters. The molecule has 3 aromatic rings. The van der Waals surface area contributed by atoms with Crippen molar-refractivity contribution in [3.63, 3.8) is 0 Å². The van der Waals surface area contributed by atoms with Gasteiger partial charge in [0.2, 0.25) is 0 Å². The van der Waals surface area contributed by atoms with Crippen LogP contribution in [-0.4, -0.2) is 14.5 Å². The van der Waals surface area contributed by atoms with E-state index in [1.165, 1.54) is 0 Å². The van der Waals surface area contributed by atoms with Gasteiger partial charge in [-0.1, -0.05) is 0 Å². The minimum atomic E-state index is 0.626. The maximum atomic E-state index is 8.90. The van der Waals surface area contributed by atoms with Gasteiger partial charge in [-0.15, -0.1) is 11.3 Å². The van der Waals surface area contributed by atoms with Crippen LogP contribution in [0.3, 0.4) is 0 Å². The Kier molecular flexibility index (Phi) is 2.39. The minimum absolute atomic E-state index is 0.626. The summed E-state index contributed by atoms with van der Waals surface area (Å²) >= 11 is 1.61. The van der Waals surface area contributed by atoms with Crippen LogP contribution in [-0.2, 0) is 7.05 Å². The van der Waals surface area contributed by atoms with Crippen LogP contribution in [0.4, 0.5) is 0 Å². The third-order valence-corrected chi connectivity index (χ3v) is 3.63. The van der Waals surface area contributed by atoms with E-state index in [1.54, 1.807) is 23.5 Å². The van der Waals surface area contributed by atoms with Crippen molar-refractivity contribution < 1.29 is 0 Å². The van der Waals surface area contributed by atoms with E-state index in [1.807, 2.05) is 30.0 Å². The molecule has 3 rings (SSSR count). The summed E-state index contributed by atoms with van der Waals surface area (Å²) in [5, 5.41) is 11.9. The maximum absolute atomic E-state index is 8.90. The summed E-state index contributed by atoms with van der Waals surface area (Å²) in [6.45, 7) is 1.98. The first-order valence-corrected chi connectivity index (χ1v) is 6.36. The number of rotatable bonds is 1. The Morgan fingerprint density at radius 2 is 2.17 bits per heavy atom. The predicted octanol–water partition coefficient (Wildman–Crippen LogP) is 2.88. The van der Waals surface area contributed by atoms with Crippen LogP contribution >= 0.6 is 11.3 Å². The second-order valence-electron chi connectivity index (χ2n) is 4.06. The van der Waals surface area contributed by atoms with Gasteiger partial charge in [0.05, 0.1) is 27.7 Å². The summed E-state index contributed by atoms with van der Waals surface area (Å²) in [6, 6.07) is 7.66. The van der Waals surface area contributed by atoms with Crippen molar-refractivity contribution in [1.82, 2.24) is 14.5 Å². The first kappa shape index (κ1) is 10.9. The van der Waals surface area contributed by atoms with Gasteiger partial charge in [-0.05, 0) is 25.1 Å². The fraction of sp³-hybridized carbons (Fsp3) is 0.154. The first-order valence-electron chi connectivity index (χ1n) is 5.48. The Hall–Kier alpha value is -2.19. The SMILES string of the molecule is Cc1nc(-c2nc3cc(C#N)ccc3n2C)cs1. The van der Waals surface area contributed by atoms with Crippen LogP contribution < -0.4 is 0 Å². The third-order valence-electron chi connectivity index (χ3n) is 2.86. The van der Waals surface area contributed by atoms with Gasteiger partial charge in [-0.2, -0.15) is 5.26 Å². The molecule has 0 spiro atoms. The summed E-state index contributed by atoms with van der Waals surface area (Å²) in [5.74, 6) is 0.837. The molecule has 0 bridgehead atoms. The van der Waals surface area contributed by atoms with Gasteiger partial charge in [0.1, 0.15) is 5.69 Å². The number of thiazole rings is 1. The summed E-state index contributed by atoms with van der Waals surface area (Å²) in [4.78, 5) is 9.01. The molecule has 0 saturated carbocycles. The Morgan fingerprint density at radius 3 is 2.83 bits per heavy atom. The van der Waals surface area contributed by atoms with Gasteiger partial charge in [-0.25, -0.2) is 9.97 Å². The molecule has 0 aliphatic carbocycles. The highest BCUT2D eigenvalue weighted by Gasteiger charge is 2.12. The van der Waals surface area contributed by atoms with Gasteiger partial charge in [0, 0.05) is 12.4 Å². The number of hydrogen-bond acceptors (Lipinski definition) is 4.